The first-order valence-electron chi connectivity index (χ1n) is 6.71. The van der Waals surface area contributed by atoms with Crippen LogP contribution in [-0.2, 0) is 17.8 Å². The number of carbonyl (C=O) groups is 2. The lowest BCUT2D eigenvalue weighted by molar-refractivity contribution is -0.132. The molecule has 6 heteroatoms. The number of nitrogens with zero attached hydrogens (tertiary/aromatic N) is 2. The van der Waals surface area contributed by atoms with Crippen LogP contribution in [0.5, 0.6) is 0 Å². The van der Waals surface area contributed by atoms with Crippen molar-refractivity contribution in [2.45, 2.75) is 33.2 Å². The predicted molar refractivity (Wildman–Crippen MR) is 72.1 cm³/mol. The predicted octanol–water partition coefficient (Wildman–Crippen LogP) is 1.13. The van der Waals surface area contributed by atoms with Gasteiger partial charge < -0.3 is 4.90 Å². The highest BCUT2D eigenvalue weighted by Crippen LogP contribution is 2.19. The first-order valence-corrected chi connectivity index (χ1v) is 6.71. The van der Waals surface area contributed by atoms with Crippen molar-refractivity contribution in [1.29, 1.82) is 0 Å². The number of aromatic nitrogens is 1. The lowest BCUT2D eigenvalue weighted by Gasteiger charge is -2.29. The van der Waals surface area contributed by atoms with Crippen LogP contribution in [-0.4, -0.2) is 33.5 Å². The second kappa shape index (κ2) is 6.00. The number of hydrogen-bond acceptors (Lipinski definition) is 4. The molecular weight excluding hydrogens is 258 g/mol. The molecule has 20 heavy (non-hydrogen) atoms. The SMILES string of the molecule is CC(C)CC(=O)N1CCc2ncc(C(=O)NO)cc2C1. The Bertz CT molecular complexity index is 528. The van der Waals surface area contributed by atoms with Crippen LogP contribution in [0, 0.1) is 5.92 Å². The molecule has 2 amide bonds. The van der Waals surface area contributed by atoms with E-state index in [9.17, 15) is 9.59 Å². The molecule has 0 aromatic carbocycles. The van der Waals surface area contributed by atoms with Crippen molar-refractivity contribution < 1.29 is 14.8 Å². The number of carbonyl (C=O) groups excluding carboxylic acids is 2. The van der Waals surface area contributed by atoms with Crippen LogP contribution < -0.4 is 5.48 Å². The highest BCUT2D eigenvalue weighted by Gasteiger charge is 2.22. The summed E-state index contributed by atoms with van der Waals surface area (Å²) < 4.78 is 0. The lowest BCUT2D eigenvalue weighted by atomic mass is 10.0. The summed E-state index contributed by atoms with van der Waals surface area (Å²) in [5, 5.41) is 8.64. The van der Waals surface area contributed by atoms with Gasteiger partial charge in [-0.05, 0) is 17.5 Å². The van der Waals surface area contributed by atoms with E-state index in [2.05, 4.69) is 4.98 Å². The van der Waals surface area contributed by atoms with Gasteiger partial charge in [-0.25, -0.2) is 5.48 Å². The normalized spacial score (nSPS) is 14.1. The van der Waals surface area contributed by atoms with Crippen molar-refractivity contribution in [2.75, 3.05) is 6.54 Å². The van der Waals surface area contributed by atoms with Gasteiger partial charge in [-0.15, -0.1) is 0 Å². The Morgan fingerprint density at radius 3 is 2.90 bits per heavy atom. The van der Waals surface area contributed by atoms with Crippen molar-refractivity contribution in [3.05, 3.63) is 29.1 Å². The van der Waals surface area contributed by atoms with Gasteiger partial charge in [0.25, 0.3) is 5.91 Å². The lowest BCUT2D eigenvalue weighted by Crippen LogP contribution is -2.37. The fraction of sp³-hybridized carbons (Fsp3) is 0.500. The third-order valence-electron chi connectivity index (χ3n) is 3.34. The van der Waals surface area contributed by atoms with Gasteiger partial charge in [0.1, 0.15) is 0 Å². The largest absolute Gasteiger partial charge is 0.338 e. The second-order valence-electron chi connectivity index (χ2n) is 5.43. The number of hydrogen-bond donors (Lipinski definition) is 2. The third kappa shape index (κ3) is 3.14. The Morgan fingerprint density at radius 1 is 1.50 bits per heavy atom. The van der Waals surface area contributed by atoms with E-state index in [1.807, 2.05) is 13.8 Å². The third-order valence-corrected chi connectivity index (χ3v) is 3.34. The first kappa shape index (κ1) is 14.5. The summed E-state index contributed by atoms with van der Waals surface area (Å²) in [6.45, 7) is 5.17. The molecule has 0 radical (unpaired) electrons. The van der Waals surface area contributed by atoms with E-state index in [4.69, 9.17) is 5.21 Å². The van der Waals surface area contributed by atoms with E-state index >= 15 is 0 Å². The van der Waals surface area contributed by atoms with E-state index in [1.165, 1.54) is 6.20 Å². The number of amides is 2. The second-order valence-corrected chi connectivity index (χ2v) is 5.43. The fourth-order valence-electron chi connectivity index (χ4n) is 2.31. The molecule has 0 atom stereocenters. The van der Waals surface area contributed by atoms with Crippen LogP contribution in [0.1, 0.15) is 41.9 Å². The molecule has 2 rings (SSSR count). The van der Waals surface area contributed by atoms with Gasteiger partial charge in [0.05, 0.1) is 5.56 Å². The summed E-state index contributed by atoms with van der Waals surface area (Å²) in [5.41, 5.74) is 3.66. The van der Waals surface area contributed by atoms with E-state index in [0.717, 1.165) is 11.3 Å². The zero-order valence-corrected chi connectivity index (χ0v) is 11.7. The van der Waals surface area contributed by atoms with Crippen molar-refractivity contribution in [1.82, 2.24) is 15.4 Å². The zero-order chi connectivity index (χ0) is 14.7. The van der Waals surface area contributed by atoms with Gasteiger partial charge in [-0.1, -0.05) is 13.8 Å². The van der Waals surface area contributed by atoms with Crippen LogP contribution in [0.3, 0.4) is 0 Å². The Morgan fingerprint density at radius 2 is 2.25 bits per heavy atom. The molecule has 0 spiro atoms. The molecule has 0 unspecified atom stereocenters. The summed E-state index contributed by atoms with van der Waals surface area (Å²) in [6, 6.07) is 1.68. The summed E-state index contributed by atoms with van der Waals surface area (Å²) in [6.07, 6.45) is 2.66. The monoisotopic (exact) mass is 277 g/mol. The number of fused-ring (bicyclic) bond motifs is 1. The summed E-state index contributed by atoms with van der Waals surface area (Å²) in [7, 11) is 0. The van der Waals surface area contributed by atoms with E-state index in [0.29, 0.717) is 37.4 Å². The Hall–Kier alpha value is -1.95. The molecule has 1 aliphatic rings. The maximum atomic E-state index is 12.1. The highest BCUT2D eigenvalue weighted by molar-refractivity contribution is 5.93. The van der Waals surface area contributed by atoms with E-state index < -0.39 is 5.91 Å². The van der Waals surface area contributed by atoms with Gasteiger partial charge in [0.15, 0.2) is 0 Å². The van der Waals surface area contributed by atoms with Crippen LogP contribution in [0.2, 0.25) is 0 Å². The van der Waals surface area contributed by atoms with Gasteiger partial charge in [0.2, 0.25) is 5.91 Å². The minimum atomic E-state index is -0.592. The molecule has 0 saturated heterocycles. The Kier molecular flexibility index (Phi) is 4.34. The number of pyridine rings is 1. The molecular formula is C14H19N3O3. The minimum Gasteiger partial charge on any atom is -0.338 e. The van der Waals surface area contributed by atoms with Gasteiger partial charge in [-0.2, -0.15) is 0 Å². The smallest absolute Gasteiger partial charge is 0.276 e. The molecule has 2 heterocycles. The highest BCUT2D eigenvalue weighted by atomic mass is 16.5. The molecule has 6 nitrogen and oxygen atoms in total. The molecule has 1 aliphatic heterocycles. The Labute approximate surface area is 117 Å². The van der Waals surface area contributed by atoms with Gasteiger partial charge in [0, 0.05) is 37.8 Å². The summed E-state index contributed by atoms with van der Waals surface area (Å²) in [4.78, 5) is 29.5. The van der Waals surface area contributed by atoms with E-state index in [1.54, 1.807) is 16.4 Å². The maximum Gasteiger partial charge on any atom is 0.276 e. The van der Waals surface area contributed by atoms with E-state index in [-0.39, 0.29) is 5.91 Å². The molecule has 1 aromatic rings. The van der Waals surface area contributed by atoms with Crippen molar-refractivity contribution in [3.63, 3.8) is 0 Å². The first-order chi connectivity index (χ1) is 9.51. The standard InChI is InChI=1S/C14H19N3O3/c1-9(2)5-13(18)17-4-3-12-11(8-17)6-10(7-15-12)14(19)16-20/h6-7,9,20H,3-5,8H2,1-2H3,(H,16,19). The van der Waals surface area contributed by atoms with Crippen molar-refractivity contribution in [3.8, 4) is 0 Å². The number of nitrogens with one attached hydrogen (secondary N) is 1. The van der Waals surface area contributed by atoms with Crippen LogP contribution in [0.15, 0.2) is 12.3 Å². The van der Waals surface area contributed by atoms with Gasteiger partial charge in [-0.3, -0.25) is 19.8 Å². The van der Waals surface area contributed by atoms with Gasteiger partial charge >= 0.3 is 0 Å². The summed E-state index contributed by atoms with van der Waals surface area (Å²) >= 11 is 0. The molecule has 1 aromatic heterocycles. The van der Waals surface area contributed by atoms with Crippen LogP contribution in [0.25, 0.3) is 0 Å². The molecule has 2 N–H and O–H groups in total. The van der Waals surface area contributed by atoms with Crippen LogP contribution >= 0.6 is 0 Å². The molecule has 0 saturated carbocycles. The fourth-order valence-corrected chi connectivity index (χ4v) is 2.31. The minimum absolute atomic E-state index is 0.127. The van der Waals surface area contributed by atoms with Crippen LogP contribution in [0.4, 0.5) is 0 Å². The molecule has 0 aliphatic carbocycles. The average Bonchev–Trinajstić information content (AvgIpc) is 2.44. The maximum absolute atomic E-state index is 12.1. The van der Waals surface area contributed by atoms with Crippen molar-refractivity contribution in [2.24, 2.45) is 5.92 Å². The quantitative estimate of drug-likeness (QED) is 0.641. The summed E-state index contributed by atoms with van der Waals surface area (Å²) in [5.74, 6) is -0.137. The molecule has 108 valence electrons. The Balaban J connectivity index is 2.15. The number of hydroxylamine groups is 1. The topological polar surface area (TPSA) is 82.5 Å². The molecule has 0 bridgehead atoms. The van der Waals surface area contributed by atoms with Crippen molar-refractivity contribution >= 4 is 11.8 Å². The molecule has 0 fully saturated rings. The zero-order valence-electron chi connectivity index (χ0n) is 11.7. The average molecular weight is 277 g/mol. The number of rotatable bonds is 3.